The zero-order valence-electron chi connectivity index (χ0n) is 20.8. The second-order valence-electron chi connectivity index (χ2n) is 10.1. The van der Waals surface area contributed by atoms with Crippen LogP contribution in [0.4, 0.5) is 10.6 Å². The number of rotatable bonds is 5. The van der Waals surface area contributed by atoms with Crippen molar-refractivity contribution in [3.63, 3.8) is 0 Å². The summed E-state index contributed by atoms with van der Waals surface area (Å²) in [5, 5.41) is 4.44. The maximum atomic E-state index is 12.9. The van der Waals surface area contributed by atoms with Crippen molar-refractivity contribution in [3.05, 3.63) is 59.0 Å². The first-order valence-corrected chi connectivity index (χ1v) is 12.0. The Kier molecular flexibility index (Phi) is 6.19. The Hall–Kier alpha value is -3.46. The first-order chi connectivity index (χ1) is 16.8. The smallest absolute Gasteiger partial charge is 0.410 e. The van der Waals surface area contributed by atoms with Gasteiger partial charge in [0.2, 0.25) is 0 Å². The molecule has 0 spiro atoms. The molecule has 0 N–H and O–H groups in total. The van der Waals surface area contributed by atoms with Gasteiger partial charge >= 0.3 is 6.09 Å². The van der Waals surface area contributed by atoms with Crippen molar-refractivity contribution in [3.8, 4) is 11.4 Å². The molecule has 4 heterocycles. The van der Waals surface area contributed by atoms with Gasteiger partial charge in [0.25, 0.3) is 0 Å². The minimum Gasteiger partial charge on any atom is -0.444 e. The lowest BCUT2D eigenvalue weighted by atomic mass is 9.99. The second-order valence-corrected chi connectivity index (χ2v) is 10.1. The van der Waals surface area contributed by atoms with Crippen LogP contribution in [0.5, 0.6) is 0 Å². The quantitative estimate of drug-likeness (QED) is 0.554. The van der Waals surface area contributed by atoms with Crippen LogP contribution in [0.3, 0.4) is 0 Å². The highest BCUT2D eigenvalue weighted by Crippen LogP contribution is 2.34. The molecule has 1 amide bonds. The third-order valence-corrected chi connectivity index (χ3v) is 6.26. The monoisotopic (exact) mass is 476 g/mol. The highest BCUT2D eigenvalue weighted by molar-refractivity contribution is 5.71. The molecule has 0 aliphatic carbocycles. The largest absolute Gasteiger partial charge is 0.444 e. The van der Waals surface area contributed by atoms with Gasteiger partial charge in [-0.3, -0.25) is 9.58 Å². The molecule has 2 aliphatic heterocycles. The molecule has 2 aliphatic rings. The van der Waals surface area contributed by atoms with E-state index in [4.69, 9.17) is 19.4 Å². The lowest BCUT2D eigenvalue weighted by Crippen LogP contribution is -2.34. The highest BCUT2D eigenvalue weighted by atomic mass is 16.6. The van der Waals surface area contributed by atoms with Gasteiger partial charge in [0, 0.05) is 32.0 Å². The molecule has 1 aromatic carbocycles. The van der Waals surface area contributed by atoms with Crippen LogP contribution in [-0.2, 0) is 42.1 Å². The molecule has 184 valence electrons. The van der Waals surface area contributed by atoms with E-state index >= 15 is 0 Å². The molecule has 5 rings (SSSR count). The number of carbonyl (C=O) groups is 1. The Balaban J connectivity index is 1.49. The fourth-order valence-corrected chi connectivity index (χ4v) is 4.55. The Morgan fingerprint density at radius 2 is 1.89 bits per heavy atom. The summed E-state index contributed by atoms with van der Waals surface area (Å²) < 4.78 is 12.6. The first kappa shape index (κ1) is 23.3. The Morgan fingerprint density at radius 3 is 2.66 bits per heavy atom. The summed E-state index contributed by atoms with van der Waals surface area (Å²) in [6.07, 6.45) is 4.35. The predicted molar refractivity (Wildman–Crippen MR) is 132 cm³/mol. The lowest BCUT2D eigenvalue weighted by molar-refractivity contribution is 0.0241. The van der Waals surface area contributed by atoms with E-state index in [1.165, 1.54) is 11.1 Å². The summed E-state index contributed by atoms with van der Waals surface area (Å²) in [5.41, 5.74) is 4.83. The summed E-state index contributed by atoms with van der Waals surface area (Å²) in [6, 6.07) is 8.55. The van der Waals surface area contributed by atoms with E-state index in [0.717, 1.165) is 42.1 Å². The minimum absolute atomic E-state index is 0.334. The summed E-state index contributed by atoms with van der Waals surface area (Å²) in [7, 11) is 1.67. The van der Waals surface area contributed by atoms with E-state index in [-0.39, 0.29) is 6.09 Å². The van der Waals surface area contributed by atoms with Crippen molar-refractivity contribution in [2.24, 2.45) is 0 Å². The van der Waals surface area contributed by atoms with Crippen LogP contribution < -0.4 is 4.90 Å². The number of benzene rings is 1. The molecule has 0 saturated carbocycles. The standard InChI is InChI=1S/C26H32N6O3/c1-26(2,3)35-25(33)31-16-21-22(17-31)28-23(20-13-27-32(15-20)11-12-34-4)29-24(21)30-10-9-18-7-5-6-8-19(18)14-30/h5-8,13,15H,9-12,14,16-17H2,1-4H3. The van der Waals surface area contributed by atoms with Crippen molar-refractivity contribution in [1.82, 2.24) is 24.6 Å². The van der Waals surface area contributed by atoms with Crippen LogP contribution in [0.25, 0.3) is 11.4 Å². The fourth-order valence-electron chi connectivity index (χ4n) is 4.55. The van der Waals surface area contributed by atoms with Crippen LogP contribution >= 0.6 is 0 Å². The van der Waals surface area contributed by atoms with Gasteiger partial charge in [0.1, 0.15) is 11.4 Å². The molecule has 0 fully saturated rings. The van der Waals surface area contributed by atoms with Gasteiger partial charge in [-0.15, -0.1) is 0 Å². The molecule has 35 heavy (non-hydrogen) atoms. The molecular formula is C26H32N6O3. The number of ether oxygens (including phenoxy) is 2. The molecule has 2 aromatic heterocycles. The van der Waals surface area contributed by atoms with Crippen LogP contribution in [-0.4, -0.2) is 56.6 Å². The van der Waals surface area contributed by atoms with E-state index in [1.54, 1.807) is 18.2 Å². The summed E-state index contributed by atoms with van der Waals surface area (Å²) in [5.74, 6) is 1.50. The molecule has 0 radical (unpaired) electrons. The Bertz CT molecular complexity index is 1230. The van der Waals surface area contributed by atoms with Gasteiger partial charge in [-0.05, 0) is 38.3 Å². The van der Waals surface area contributed by atoms with E-state index in [0.29, 0.717) is 32.1 Å². The average Bonchev–Trinajstić information content (AvgIpc) is 3.48. The van der Waals surface area contributed by atoms with Gasteiger partial charge in [-0.2, -0.15) is 5.10 Å². The molecule has 0 saturated heterocycles. The van der Waals surface area contributed by atoms with Crippen LogP contribution in [0, 0.1) is 0 Å². The number of methoxy groups -OCH3 is 1. The number of hydrogen-bond acceptors (Lipinski definition) is 7. The molecule has 0 atom stereocenters. The third kappa shape index (κ3) is 5.00. The Labute approximate surface area is 205 Å². The van der Waals surface area contributed by atoms with E-state index in [2.05, 4.69) is 34.3 Å². The Morgan fingerprint density at radius 1 is 1.09 bits per heavy atom. The normalized spacial score (nSPS) is 15.2. The number of fused-ring (bicyclic) bond motifs is 2. The number of hydrogen-bond donors (Lipinski definition) is 0. The topological polar surface area (TPSA) is 85.6 Å². The maximum Gasteiger partial charge on any atom is 0.410 e. The molecule has 9 heteroatoms. The van der Waals surface area contributed by atoms with Crippen molar-refractivity contribution < 1.29 is 14.3 Å². The first-order valence-electron chi connectivity index (χ1n) is 12.0. The van der Waals surface area contributed by atoms with Crippen LogP contribution in [0.15, 0.2) is 36.7 Å². The molecular weight excluding hydrogens is 444 g/mol. The van der Waals surface area contributed by atoms with Crippen molar-refractivity contribution in [2.45, 2.75) is 59.0 Å². The van der Waals surface area contributed by atoms with Crippen molar-refractivity contribution in [1.29, 1.82) is 0 Å². The summed E-state index contributed by atoms with van der Waals surface area (Å²) >= 11 is 0. The number of anilines is 1. The lowest BCUT2D eigenvalue weighted by Gasteiger charge is -2.31. The zero-order valence-corrected chi connectivity index (χ0v) is 20.8. The van der Waals surface area contributed by atoms with Gasteiger partial charge in [-0.25, -0.2) is 14.8 Å². The predicted octanol–water partition coefficient (Wildman–Crippen LogP) is 3.80. The summed E-state index contributed by atoms with van der Waals surface area (Å²) in [6.45, 7) is 9.34. The van der Waals surface area contributed by atoms with Gasteiger partial charge in [-0.1, -0.05) is 24.3 Å². The highest BCUT2D eigenvalue weighted by Gasteiger charge is 2.33. The molecule has 0 unspecified atom stereocenters. The zero-order chi connectivity index (χ0) is 24.6. The van der Waals surface area contributed by atoms with Crippen molar-refractivity contribution in [2.75, 3.05) is 25.2 Å². The number of amides is 1. The van der Waals surface area contributed by atoms with Gasteiger partial charge < -0.3 is 14.4 Å². The van der Waals surface area contributed by atoms with E-state index < -0.39 is 5.60 Å². The number of aromatic nitrogens is 4. The number of carbonyl (C=O) groups excluding carboxylic acids is 1. The fraction of sp³-hybridized carbons (Fsp3) is 0.462. The van der Waals surface area contributed by atoms with Crippen LogP contribution in [0.2, 0.25) is 0 Å². The van der Waals surface area contributed by atoms with E-state index in [9.17, 15) is 4.79 Å². The van der Waals surface area contributed by atoms with Crippen LogP contribution in [0.1, 0.15) is 43.2 Å². The summed E-state index contributed by atoms with van der Waals surface area (Å²) in [4.78, 5) is 26.8. The van der Waals surface area contributed by atoms with Gasteiger partial charge in [0.15, 0.2) is 5.82 Å². The SMILES string of the molecule is COCCn1cc(-c2nc3c(c(N4CCc5ccccc5C4)n2)CN(C(=O)OC(C)(C)C)C3)cn1. The molecule has 0 bridgehead atoms. The van der Waals surface area contributed by atoms with E-state index in [1.807, 2.05) is 31.6 Å². The minimum atomic E-state index is -0.557. The molecule has 3 aromatic rings. The third-order valence-electron chi connectivity index (χ3n) is 6.26. The molecule has 9 nitrogen and oxygen atoms in total. The van der Waals surface area contributed by atoms with Crippen molar-refractivity contribution >= 4 is 11.9 Å². The number of nitrogens with zero attached hydrogens (tertiary/aromatic N) is 6. The van der Waals surface area contributed by atoms with Gasteiger partial charge in [0.05, 0.1) is 43.7 Å². The maximum absolute atomic E-state index is 12.9. The average molecular weight is 477 g/mol. The second kappa shape index (κ2) is 9.30.